The van der Waals surface area contributed by atoms with Gasteiger partial charge in [-0.05, 0) is 37.2 Å². The monoisotopic (exact) mass is 326 g/mol. The molecule has 1 fully saturated rings. The summed E-state index contributed by atoms with van der Waals surface area (Å²) in [5.41, 5.74) is 1.21. The summed E-state index contributed by atoms with van der Waals surface area (Å²) in [5.74, 6) is 1.92. The largest absolute Gasteiger partial charge is 0.495 e. The Hall–Kier alpha value is -2.27. The zero-order valence-electron chi connectivity index (χ0n) is 14.3. The van der Waals surface area contributed by atoms with E-state index in [0.717, 1.165) is 57.3 Å². The fourth-order valence-electron chi connectivity index (χ4n) is 3.09. The Balaban J connectivity index is 1.39. The van der Waals surface area contributed by atoms with Crippen LogP contribution in [0.2, 0.25) is 0 Å². The van der Waals surface area contributed by atoms with Gasteiger partial charge in [0.25, 0.3) is 0 Å². The second-order valence-electron chi connectivity index (χ2n) is 6.00. The molecule has 2 heterocycles. The molecule has 1 aromatic heterocycles. The van der Waals surface area contributed by atoms with Gasteiger partial charge in [0.15, 0.2) is 0 Å². The molecule has 0 amide bonds. The number of pyridine rings is 1. The van der Waals surface area contributed by atoms with Gasteiger partial charge in [-0.3, -0.25) is 4.90 Å². The van der Waals surface area contributed by atoms with Crippen molar-refractivity contribution in [3.05, 3.63) is 48.7 Å². The van der Waals surface area contributed by atoms with Crippen molar-refractivity contribution in [1.82, 2.24) is 9.88 Å². The van der Waals surface area contributed by atoms with E-state index in [1.807, 2.05) is 36.5 Å². The Morgan fingerprint density at radius 3 is 2.58 bits per heavy atom. The van der Waals surface area contributed by atoms with Gasteiger partial charge in [0.05, 0.1) is 12.8 Å². The van der Waals surface area contributed by atoms with E-state index >= 15 is 0 Å². The van der Waals surface area contributed by atoms with E-state index in [1.165, 1.54) is 5.69 Å². The van der Waals surface area contributed by atoms with E-state index in [2.05, 4.69) is 32.2 Å². The smallest absolute Gasteiger partial charge is 0.142 e. The topological polar surface area (TPSA) is 40.6 Å². The number of piperazine rings is 1. The lowest BCUT2D eigenvalue weighted by molar-refractivity contribution is 0.256. The number of ether oxygens (including phenoxy) is 1. The number of para-hydroxylation sites is 2. The van der Waals surface area contributed by atoms with Gasteiger partial charge in [0.2, 0.25) is 0 Å². The molecule has 0 atom stereocenters. The number of anilines is 2. The highest BCUT2D eigenvalue weighted by molar-refractivity contribution is 5.58. The summed E-state index contributed by atoms with van der Waals surface area (Å²) in [5, 5.41) is 3.37. The van der Waals surface area contributed by atoms with Gasteiger partial charge >= 0.3 is 0 Å². The third-order valence-electron chi connectivity index (χ3n) is 4.42. The Kier molecular flexibility index (Phi) is 5.90. The minimum atomic E-state index is 0.957. The van der Waals surface area contributed by atoms with Gasteiger partial charge in [0.1, 0.15) is 11.6 Å². The van der Waals surface area contributed by atoms with Crippen LogP contribution in [0.1, 0.15) is 6.42 Å². The standard InChI is InChI=1S/C19H26N4O/c1-24-18-8-3-2-7-17(18)23-15-13-22(14-16-23)12-6-11-21-19-9-4-5-10-20-19/h2-5,7-10H,6,11-16H2,1H3,(H,20,21). The molecule has 2 aromatic rings. The SMILES string of the molecule is COc1ccccc1N1CCN(CCCNc2ccccn2)CC1. The van der Waals surface area contributed by atoms with Crippen molar-refractivity contribution in [2.24, 2.45) is 0 Å². The van der Waals surface area contributed by atoms with E-state index < -0.39 is 0 Å². The molecule has 1 aliphatic heterocycles. The van der Waals surface area contributed by atoms with Crippen LogP contribution in [0.15, 0.2) is 48.7 Å². The molecule has 0 saturated carbocycles. The Labute approximate surface area is 144 Å². The van der Waals surface area contributed by atoms with Gasteiger partial charge in [-0.2, -0.15) is 0 Å². The summed E-state index contributed by atoms with van der Waals surface area (Å²) >= 11 is 0. The second-order valence-corrected chi connectivity index (χ2v) is 6.00. The van der Waals surface area contributed by atoms with Gasteiger partial charge in [-0.25, -0.2) is 4.98 Å². The molecule has 5 nitrogen and oxygen atoms in total. The maximum atomic E-state index is 5.48. The highest BCUT2D eigenvalue weighted by Crippen LogP contribution is 2.28. The molecule has 1 saturated heterocycles. The summed E-state index contributed by atoms with van der Waals surface area (Å²) in [6.45, 7) is 6.38. The lowest BCUT2D eigenvalue weighted by Gasteiger charge is -2.36. The molecule has 0 bridgehead atoms. The Morgan fingerprint density at radius 1 is 1.04 bits per heavy atom. The van der Waals surface area contributed by atoms with E-state index in [-0.39, 0.29) is 0 Å². The van der Waals surface area contributed by atoms with Crippen molar-refractivity contribution in [1.29, 1.82) is 0 Å². The highest BCUT2D eigenvalue weighted by Gasteiger charge is 2.18. The minimum Gasteiger partial charge on any atom is -0.495 e. The van der Waals surface area contributed by atoms with Crippen molar-refractivity contribution in [2.45, 2.75) is 6.42 Å². The number of nitrogens with zero attached hydrogens (tertiary/aromatic N) is 3. The third kappa shape index (κ3) is 4.38. The van der Waals surface area contributed by atoms with Crippen molar-refractivity contribution >= 4 is 11.5 Å². The normalized spacial score (nSPS) is 15.3. The van der Waals surface area contributed by atoms with Crippen LogP contribution in [-0.2, 0) is 0 Å². The third-order valence-corrected chi connectivity index (χ3v) is 4.42. The van der Waals surface area contributed by atoms with Crippen LogP contribution < -0.4 is 15.0 Å². The lowest BCUT2D eigenvalue weighted by atomic mass is 10.2. The second kappa shape index (κ2) is 8.55. The van der Waals surface area contributed by atoms with Crippen LogP contribution in [0.5, 0.6) is 5.75 Å². The summed E-state index contributed by atoms with van der Waals surface area (Å²) in [6.07, 6.45) is 2.95. The zero-order chi connectivity index (χ0) is 16.6. The average molecular weight is 326 g/mol. The molecular formula is C19H26N4O. The maximum absolute atomic E-state index is 5.48. The number of rotatable bonds is 7. The molecule has 1 aliphatic rings. The molecule has 0 radical (unpaired) electrons. The lowest BCUT2D eigenvalue weighted by Crippen LogP contribution is -2.46. The van der Waals surface area contributed by atoms with E-state index in [0.29, 0.717) is 0 Å². The molecular weight excluding hydrogens is 300 g/mol. The van der Waals surface area contributed by atoms with Crippen LogP contribution in [-0.4, -0.2) is 56.3 Å². The first-order valence-corrected chi connectivity index (χ1v) is 8.62. The number of nitrogens with one attached hydrogen (secondary N) is 1. The molecule has 0 spiro atoms. The van der Waals surface area contributed by atoms with E-state index in [1.54, 1.807) is 7.11 Å². The van der Waals surface area contributed by atoms with Crippen molar-refractivity contribution < 1.29 is 4.74 Å². The number of hydrogen-bond donors (Lipinski definition) is 1. The summed E-state index contributed by atoms with van der Waals surface area (Å²) in [7, 11) is 1.74. The van der Waals surface area contributed by atoms with Gasteiger partial charge in [-0.1, -0.05) is 18.2 Å². The zero-order valence-corrected chi connectivity index (χ0v) is 14.3. The fourth-order valence-corrected chi connectivity index (χ4v) is 3.09. The van der Waals surface area contributed by atoms with Crippen LogP contribution in [0, 0.1) is 0 Å². The molecule has 24 heavy (non-hydrogen) atoms. The first-order valence-electron chi connectivity index (χ1n) is 8.62. The van der Waals surface area contributed by atoms with Crippen LogP contribution in [0.4, 0.5) is 11.5 Å². The van der Waals surface area contributed by atoms with E-state index in [9.17, 15) is 0 Å². The van der Waals surface area contributed by atoms with Crippen molar-refractivity contribution in [3.8, 4) is 5.75 Å². The number of methoxy groups -OCH3 is 1. The Morgan fingerprint density at radius 2 is 1.83 bits per heavy atom. The van der Waals surface area contributed by atoms with Crippen LogP contribution in [0.3, 0.4) is 0 Å². The summed E-state index contributed by atoms with van der Waals surface area (Å²) in [4.78, 5) is 9.23. The number of benzene rings is 1. The summed E-state index contributed by atoms with van der Waals surface area (Å²) < 4.78 is 5.48. The van der Waals surface area contributed by atoms with Gasteiger partial charge < -0.3 is 15.0 Å². The molecule has 128 valence electrons. The maximum Gasteiger partial charge on any atom is 0.142 e. The van der Waals surface area contributed by atoms with Crippen molar-refractivity contribution in [3.63, 3.8) is 0 Å². The molecule has 0 aliphatic carbocycles. The predicted molar refractivity (Wildman–Crippen MR) is 99.0 cm³/mol. The first-order chi connectivity index (χ1) is 11.9. The Bertz CT molecular complexity index is 612. The van der Waals surface area contributed by atoms with Crippen LogP contribution in [0.25, 0.3) is 0 Å². The van der Waals surface area contributed by atoms with Gasteiger partial charge in [-0.15, -0.1) is 0 Å². The fraction of sp³-hybridized carbons (Fsp3) is 0.421. The van der Waals surface area contributed by atoms with E-state index in [4.69, 9.17) is 4.74 Å². The molecule has 5 heteroatoms. The molecule has 1 aromatic carbocycles. The summed E-state index contributed by atoms with van der Waals surface area (Å²) in [6, 6.07) is 14.2. The predicted octanol–water partition coefficient (Wildman–Crippen LogP) is 2.71. The highest BCUT2D eigenvalue weighted by atomic mass is 16.5. The molecule has 3 rings (SSSR count). The molecule has 0 unspecified atom stereocenters. The quantitative estimate of drug-likeness (QED) is 0.792. The number of aromatic nitrogens is 1. The molecule has 1 N–H and O–H groups in total. The first kappa shape index (κ1) is 16.6. The average Bonchev–Trinajstić information content (AvgIpc) is 2.66. The van der Waals surface area contributed by atoms with Gasteiger partial charge in [0, 0.05) is 38.9 Å². The van der Waals surface area contributed by atoms with Crippen LogP contribution >= 0.6 is 0 Å². The van der Waals surface area contributed by atoms with Crippen molar-refractivity contribution in [2.75, 3.05) is 56.6 Å². The minimum absolute atomic E-state index is 0.957. The number of hydrogen-bond acceptors (Lipinski definition) is 5.